The predicted octanol–water partition coefficient (Wildman–Crippen LogP) is 3.27. The van der Waals surface area contributed by atoms with Crippen LogP contribution in [-0.4, -0.2) is 45.4 Å². The molecule has 1 aromatic heterocycles. The van der Waals surface area contributed by atoms with Gasteiger partial charge in [0, 0.05) is 35.0 Å². The van der Waals surface area contributed by atoms with Gasteiger partial charge < -0.3 is 15.3 Å². The van der Waals surface area contributed by atoms with Crippen LogP contribution < -0.4 is 10.2 Å². The Kier molecular flexibility index (Phi) is 5.67. The Morgan fingerprint density at radius 2 is 2.06 bits per heavy atom. The van der Waals surface area contributed by atoms with Gasteiger partial charge in [0.15, 0.2) is 0 Å². The summed E-state index contributed by atoms with van der Waals surface area (Å²) in [5.41, 5.74) is 1.56. The monoisotopic (exact) mass is 477 g/mol. The number of rotatable bonds is 3. The number of aromatic nitrogens is 2. The number of anilines is 1. The Bertz CT molecular complexity index is 1420. The molecule has 0 fully saturated rings. The Balaban J connectivity index is 1.55. The fraction of sp³-hybridized carbons (Fsp3) is 0.296. The molecule has 4 rings (SSSR count). The normalized spacial score (nSPS) is 17.3. The number of nitrogens with one attached hydrogen (secondary N) is 1. The molecule has 8 heteroatoms. The lowest BCUT2D eigenvalue weighted by atomic mass is 10.0. The average Bonchev–Trinajstić information content (AvgIpc) is 3.24. The molecule has 3 aromatic rings. The molecular formula is C27H27FN4O3. The van der Waals surface area contributed by atoms with Crippen molar-refractivity contribution in [3.05, 3.63) is 82.9 Å². The highest BCUT2D eigenvalue weighted by atomic mass is 19.1. The van der Waals surface area contributed by atoms with E-state index in [1.54, 1.807) is 24.3 Å². The van der Waals surface area contributed by atoms with Crippen molar-refractivity contribution in [2.75, 3.05) is 11.9 Å². The van der Waals surface area contributed by atoms with Crippen LogP contribution in [0.4, 0.5) is 14.9 Å². The van der Waals surface area contributed by atoms with E-state index in [1.165, 1.54) is 44.4 Å². The molecule has 1 aliphatic rings. The van der Waals surface area contributed by atoms with Crippen LogP contribution in [0.5, 0.6) is 0 Å². The fourth-order valence-corrected chi connectivity index (χ4v) is 3.73. The van der Waals surface area contributed by atoms with Gasteiger partial charge in [0.1, 0.15) is 17.5 Å². The molecule has 2 N–H and O–H groups in total. The zero-order valence-corrected chi connectivity index (χ0v) is 19.4. The van der Waals surface area contributed by atoms with Gasteiger partial charge >= 0.3 is 6.03 Å². The van der Waals surface area contributed by atoms with E-state index < -0.39 is 30.6 Å². The minimum absolute atomic E-state index is 0.183. The number of halogens is 1. The van der Waals surface area contributed by atoms with Crippen LogP contribution in [0.15, 0.2) is 54.9 Å². The Morgan fingerprint density at radius 1 is 1.29 bits per heavy atom. The lowest BCUT2D eigenvalue weighted by Crippen LogP contribution is -2.48. The van der Waals surface area contributed by atoms with Crippen LogP contribution in [-0.2, 0) is 17.6 Å². The van der Waals surface area contributed by atoms with E-state index in [9.17, 15) is 19.1 Å². The van der Waals surface area contributed by atoms with Crippen LogP contribution in [0, 0.1) is 17.7 Å². The van der Waals surface area contributed by atoms with Gasteiger partial charge in [-0.2, -0.15) is 9.78 Å². The number of fused-ring (bicyclic) bond motifs is 1. The van der Waals surface area contributed by atoms with Gasteiger partial charge in [-0.05, 0) is 67.6 Å². The number of likely N-dealkylation sites (N-methyl/N-ethyl adjacent to an activating group) is 1. The van der Waals surface area contributed by atoms with Gasteiger partial charge in [0.25, 0.3) is 0 Å². The Labute approximate surface area is 207 Å². The molecule has 0 saturated heterocycles. The van der Waals surface area contributed by atoms with E-state index in [4.69, 9.17) is 4.11 Å². The zero-order chi connectivity index (χ0) is 27.7. The van der Waals surface area contributed by atoms with Crippen molar-refractivity contribution < 1.29 is 23.2 Å². The number of benzene rings is 2. The number of aliphatic hydroxyl groups is 1. The third-order valence-corrected chi connectivity index (χ3v) is 5.52. The summed E-state index contributed by atoms with van der Waals surface area (Å²) in [5, 5.41) is 16.6. The van der Waals surface area contributed by atoms with Gasteiger partial charge in [-0.15, -0.1) is 0 Å². The summed E-state index contributed by atoms with van der Waals surface area (Å²) in [6.07, 6.45) is 3.95. The summed E-state index contributed by atoms with van der Waals surface area (Å²) in [6, 6.07) is 9.11. The third-order valence-electron chi connectivity index (χ3n) is 5.52. The van der Waals surface area contributed by atoms with Crippen molar-refractivity contribution in [1.29, 1.82) is 0 Å². The molecule has 2 aromatic carbocycles. The van der Waals surface area contributed by atoms with E-state index in [0.717, 1.165) is 15.1 Å². The first kappa shape index (κ1) is 20.4. The summed E-state index contributed by atoms with van der Waals surface area (Å²) in [7, 11) is 0. The maximum atomic E-state index is 13.4. The van der Waals surface area contributed by atoms with Crippen molar-refractivity contribution in [3.8, 4) is 11.8 Å². The van der Waals surface area contributed by atoms with Crippen LogP contribution in [0.1, 0.15) is 46.6 Å². The van der Waals surface area contributed by atoms with Gasteiger partial charge in [-0.25, -0.2) is 9.18 Å². The van der Waals surface area contributed by atoms with Crippen LogP contribution in [0.25, 0.3) is 0 Å². The summed E-state index contributed by atoms with van der Waals surface area (Å²) in [4.78, 5) is 27.1. The first-order valence-corrected chi connectivity index (χ1v) is 11.1. The number of aryl methyl sites for hydroxylation is 1. The van der Waals surface area contributed by atoms with E-state index in [2.05, 4.69) is 22.3 Å². The summed E-state index contributed by atoms with van der Waals surface area (Å²) >= 11 is 0. The number of hydrogen-bond donors (Lipinski definition) is 2. The molecule has 0 spiro atoms. The van der Waals surface area contributed by atoms with Crippen LogP contribution in [0.3, 0.4) is 0 Å². The van der Waals surface area contributed by atoms with Gasteiger partial charge in [-0.3, -0.25) is 4.79 Å². The molecule has 7 nitrogen and oxygen atoms in total. The minimum atomic E-state index is -2.81. The highest BCUT2D eigenvalue weighted by molar-refractivity contribution is 6.00. The SMILES string of the molecule is [2H]C([2H])([2H])N1C(=O)C(NC(=O)n2cc(Cc3ccc(F)cc3)cn2)CCc2ccc(C#CC(C)(C)O)cc21. The lowest BCUT2D eigenvalue weighted by molar-refractivity contribution is -0.120. The van der Waals surface area contributed by atoms with Crippen molar-refractivity contribution >= 4 is 17.6 Å². The van der Waals surface area contributed by atoms with Crippen molar-refractivity contribution in [2.45, 2.75) is 44.8 Å². The molecule has 2 amide bonds. The molecule has 1 aliphatic heterocycles. The van der Waals surface area contributed by atoms with E-state index >= 15 is 0 Å². The highest BCUT2D eigenvalue weighted by Crippen LogP contribution is 2.27. The van der Waals surface area contributed by atoms with Gasteiger partial charge in [0.05, 0.1) is 6.20 Å². The molecule has 0 saturated carbocycles. The second-order valence-electron chi connectivity index (χ2n) is 8.96. The lowest BCUT2D eigenvalue weighted by Gasteiger charge is -2.22. The standard InChI is InChI=1S/C27H27FN4O3/c1-27(2,35)13-12-19-4-7-21-8-11-23(25(33)31(3)24(21)15-19)30-26(34)32-17-20(16-29-32)14-18-5-9-22(28)10-6-18/h4-7,9-10,15-17,23,35H,8,11,14H2,1-3H3,(H,30,34)/i3D3. The van der Waals surface area contributed by atoms with Crippen LogP contribution >= 0.6 is 0 Å². The van der Waals surface area contributed by atoms with Crippen LogP contribution in [0.2, 0.25) is 0 Å². The largest absolute Gasteiger partial charge is 0.378 e. The molecule has 0 bridgehead atoms. The molecule has 2 heterocycles. The molecule has 0 radical (unpaired) electrons. The first-order valence-electron chi connectivity index (χ1n) is 12.6. The van der Waals surface area contributed by atoms with Crippen molar-refractivity contribution in [1.82, 2.24) is 15.1 Å². The summed E-state index contributed by atoms with van der Waals surface area (Å²) in [5.74, 6) is 4.37. The smallest absolute Gasteiger partial charge is 0.342 e. The van der Waals surface area contributed by atoms with E-state index in [-0.39, 0.29) is 17.9 Å². The van der Waals surface area contributed by atoms with E-state index in [1.807, 2.05) is 0 Å². The van der Waals surface area contributed by atoms with E-state index in [0.29, 0.717) is 29.5 Å². The number of hydrogen-bond acceptors (Lipinski definition) is 4. The molecule has 1 atom stereocenters. The first-order chi connectivity index (χ1) is 17.8. The number of nitrogens with zero attached hydrogens (tertiary/aromatic N) is 3. The maximum absolute atomic E-state index is 13.4. The van der Waals surface area contributed by atoms with Crippen molar-refractivity contribution in [2.24, 2.45) is 0 Å². The van der Waals surface area contributed by atoms with Gasteiger partial charge in [0.2, 0.25) is 5.91 Å². The van der Waals surface area contributed by atoms with Gasteiger partial charge in [-0.1, -0.05) is 30.0 Å². The summed E-state index contributed by atoms with van der Waals surface area (Å²) < 4.78 is 38.3. The second-order valence-corrected chi connectivity index (χ2v) is 8.96. The summed E-state index contributed by atoms with van der Waals surface area (Å²) in [6.45, 7) is 0.246. The molecule has 180 valence electrons. The minimum Gasteiger partial charge on any atom is -0.378 e. The predicted molar refractivity (Wildman–Crippen MR) is 130 cm³/mol. The van der Waals surface area contributed by atoms with Crippen molar-refractivity contribution in [3.63, 3.8) is 0 Å². The number of carbonyl (C=O) groups is 2. The fourth-order valence-electron chi connectivity index (χ4n) is 3.73. The molecule has 0 aliphatic carbocycles. The number of carbonyl (C=O) groups excluding carboxylic acids is 2. The highest BCUT2D eigenvalue weighted by Gasteiger charge is 2.30. The quantitative estimate of drug-likeness (QED) is 0.567. The zero-order valence-electron chi connectivity index (χ0n) is 22.4. The molecular weight excluding hydrogens is 447 g/mol. The third kappa shape index (κ3) is 5.94. The Morgan fingerprint density at radius 3 is 2.77 bits per heavy atom. The number of amides is 2. The average molecular weight is 478 g/mol. The molecule has 35 heavy (non-hydrogen) atoms. The topological polar surface area (TPSA) is 87.5 Å². The Hall–Kier alpha value is -3.96. The maximum Gasteiger partial charge on any atom is 0.342 e. The second kappa shape index (κ2) is 9.72. The molecule has 1 unspecified atom stereocenters.